The predicted molar refractivity (Wildman–Crippen MR) is 66.9 cm³/mol. The Morgan fingerprint density at radius 2 is 1.94 bits per heavy atom. The van der Waals surface area contributed by atoms with Crippen LogP contribution in [0.25, 0.3) is 0 Å². The van der Waals surface area contributed by atoms with Crippen molar-refractivity contribution in [3.63, 3.8) is 0 Å². The topological polar surface area (TPSA) is 89.7 Å². The van der Waals surface area contributed by atoms with Crippen molar-refractivity contribution < 1.29 is 17.9 Å². The Kier molecular flexibility index (Phi) is 2.90. The van der Waals surface area contributed by atoms with Gasteiger partial charge in [0.1, 0.15) is 5.60 Å². The van der Waals surface area contributed by atoms with Gasteiger partial charge in [0.25, 0.3) is 0 Å². The van der Waals surface area contributed by atoms with Crippen molar-refractivity contribution in [3.8, 4) is 0 Å². The molecule has 7 heteroatoms. The van der Waals surface area contributed by atoms with Gasteiger partial charge < -0.3 is 15.4 Å². The fraction of sp³-hybridized carbons (Fsp3) is 0.909. The SMILES string of the molecule is CC(C)(C)OC(=O)N1CC2(C1)CS(=O)(=O)C[C@@H]2N. The van der Waals surface area contributed by atoms with E-state index < -0.39 is 26.9 Å². The van der Waals surface area contributed by atoms with E-state index in [2.05, 4.69) is 0 Å². The largest absolute Gasteiger partial charge is 0.444 e. The molecule has 6 nitrogen and oxygen atoms in total. The Hall–Kier alpha value is -0.820. The Bertz CT molecular complexity index is 460. The minimum Gasteiger partial charge on any atom is -0.444 e. The van der Waals surface area contributed by atoms with E-state index in [0.29, 0.717) is 13.1 Å². The number of rotatable bonds is 0. The highest BCUT2D eigenvalue weighted by molar-refractivity contribution is 7.91. The lowest BCUT2D eigenvalue weighted by Crippen LogP contribution is -2.65. The van der Waals surface area contributed by atoms with E-state index in [1.54, 1.807) is 20.8 Å². The molecule has 104 valence electrons. The maximum Gasteiger partial charge on any atom is 0.410 e. The van der Waals surface area contributed by atoms with Gasteiger partial charge in [-0.3, -0.25) is 0 Å². The summed E-state index contributed by atoms with van der Waals surface area (Å²) >= 11 is 0. The van der Waals surface area contributed by atoms with Gasteiger partial charge in [0, 0.05) is 24.5 Å². The molecule has 2 rings (SSSR count). The third kappa shape index (κ3) is 2.47. The van der Waals surface area contributed by atoms with E-state index in [0.717, 1.165) is 0 Å². The number of nitrogens with zero attached hydrogens (tertiary/aromatic N) is 1. The molecule has 2 aliphatic heterocycles. The van der Waals surface area contributed by atoms with Gasteiger partial charge in [0.2, 0.25) is 0 Å². The summed E-state index contributed by atoms with van der Waals surface area (Å²) in [4.78, 5) is 13.3. The lowest BCUT2D eigenvalue weighted by Gasteiger charge is -2.49. The lowest BCUT2D eigenvalue weighted by atomic mass is 9.76. The molecule has 0 aromatic carbocycles. The first-order chi connectivity index (χ1) is 8.03. The fourth-order valence-electron chi connectivity index (χ4n) is 2.55. The molecule has 0 unspecified atom stereocenters. The van der Waals surface area contributed by atoms with Gasteiger partial charge in [-0.25, -0.2) is 13.2 Å². The molecule has 2 heterocycles. The minimum atomic E-state index is -3.05. The van der Waals surface area contributed by atoms with Crippen LogP contribution in [0.15, 0.2) is 0 Å². The number of amides is 1. The molecule has 0 radical (unpaired) electrons. The molecule has 2 fully saturated rings. The average Bonchev–Trinajstić information content (AvgIpc) is 2.29. The van der Waals surface area contributed by atoms with E-state index >= 15 is 0 Å². The van der Waals surface area contributed by atoms with Crippen molar-refractivity contribution in [1.82, 2.24) is 4.90 Å². The van der Waals surface area contributed by atoms with Crippen LogP contribution in [0, 0.1) is 5.41 Å². The standard InChI is InChI=1S/C11H20N2O4S/c1-10(2,3)17-9(14)13-5-11(6-13)7-18(15,16)4-8(11)12/h8H,4-7,12H2,1-3H3/t8-/m0/s1. The second-order valence-corrected chi connectivity index (χ2v) is 8.47. The fourth-order valence-corrected chi connectivity index (χ4v) is 4.84. The molecular formula is C11H20N2O4S. The summed E-state index contributed by atoms with van der Waals surface area (Å²) in [6.45, 7) is 6.15. The average molecular weight is 276 g/mol. The van der Waals surface area contributed by atoms with Crippen molar-refractivity contribution in [2.75, 3.05) is 24.6 Å². The number of hydrogen-bond donors (Lipinski definition) is 1. The summed E-state index contributed by atoms with van der Waals surface area (Å²) in [5.41, 5.74) is 4.90. The predicted octanol–water partition coefficient (Wildman–Crippen LogP) is -0.0208. The molecule has 18 heavy (non-hydrogen) atoms. The number of carbonyl (C=O) groups excluding carboxylic acids is 1. The molecule has 1 atom stereocenters. The third-order valence-corrected chi connectivity index (χ3v) is 5.27. The first-order valence-electron chi connectivity index (χ1n) is 5.97. The Labute approximate surface area is 107 Å². The van der Waals surface area contributed by atoms with Crippen LogP contribution >= 0.6 is 0 Å². The Balaban J connectivity index is 1.97. The van der Waals surface area contributed by atoms with Crippen molar-refractivity contribution in [2.24, 2.45) is 11.1 Å². The van der Waals surface area contributed by atoms with Crippen LogP contribution in [0.3, 0.4) is 0 Å². The van der Waals surface area contributed by atoms with Gasteiger partial charge in [-0.05, 0) is 20.8 Å². The number of ether oxygens (including phenoxy) is 1. The van der Waals surface area contributed by atoms with Gasteiger partial charge in [0.05, 0.1) is 11.5 Å². The minimum absolute atomic E-state index is 0.0230. The van der Waals surface area contributed by atoms with Gasteiger partial charge >= 0.3 is 6.09 Å². The molecule has 1 amide bonds. The Morgan fingerprint density at radius 1 is 1.39 bits per heavy atom. The summed E-state index contributed by atoms with van der Waals surface area (Å²) in [5, 5.41) is 0. The van der Waals surface area contributed by atoms with Crippen LogP contribution in [-0.2, 0) is 14.6 Å². The summed E-state index contributed by atoms with van der Waals surface area (Å²) in [7, 11) is -3.05. The van der Waals surface area contributed by atoms with Crippen LogP contribution in [0.1, 0.15) is 20.8 Å². The van der Waals surface area contributed by atoms with E-state index in [-0.39, 0.29) is 17.5 Å². The van der Waals surface area contributed by atoms with Crippen molar-refractivity contribution in [2.45, 2.75) is 32.4 Å². The first kappa shape index (κ1) is 13.6. The van der Waals surface area contributed by atoms with Gasteiger partial charge in [-0.2, -0.15) is 0 Å². The molecule has 2 aliphatic rings. The highest BCUT2D eigenvalue weighted by atomic mass is 32.2. The highest BCUT2D eigenvalue weighted by Gasteiger charge is 2.57. The first-order valence-corrected chi connectivity index (χ1v) is 7.79. The van der Waals surface area contributed by atoms with Crippen molar-refractivity contribution >= 4 is 15.9 Å². The summed E-state index contributed by atoms with van der Waals surface area (Å²) < 4.78 is 28.3. The Morgan fingerprint density at radius 3 is 2.33 bits per heavy atom. The van der Waals surface area contributed by atoms with Crippen LogP contribution in [0.2, 0.25) is 0 Å². The zero-order chi connectivity index (χ0) is 13.8. The molecule has 0 aromatic heterocycles. The van der Waals surface area contributed by atoms with E-state index in [9.17, 15) is 13.2 Å². The summed E-state index contributed by atoms with van der Waals surface area (Å²) in [6.07, 6.45) is -0.398. The molecule has 2 saturated heterocycles. The summed E-state index contributed by atoms with van der Waals surface area (Å²) in [6, 6.07) is -0.374. The molecular weight excluding hydrogens is 256 g/mol. The smallest absolute Gasteiger partial charge is 0.410 e. The molecule has 1 spiro atoms. The second kappa shape index (κ2) is 3.84. The van der Waals surface area contributed by atoms with E-state index in [4.69, 9.17) is 10.5 Å². The molecule has 0 aliphatic carbocycles. The van der Waals surface area contributed by atoms with Gasteiger partial charge in [-0.1, -0.05) is 0 Å². The maximum atomic E-state index is 11.8. The van der Waals surface area contributed by atoms with Crippen LogP contribution in [0.4, 0.5) is 4.79 Å². The number of nitrogens with two attached hydrogens (primary N) is 1. The quantitative estimate of drug-likeness (QED) is 0.671. The molecule has 0 bridgehead atoms. The summed E-state index contributed by atoms with van der Waals surface area (Å²) in [5.74, 6) is 0.107. The van der Waals surface area contributed by atoms with Gasteiger partial charge in [-0.15, -0.1) is 0 Å². The van der Waals surface area contributed by atoms with Crippen LogP contribution in [-0.4, -0.2) is 55.6 Å². The number of sulfone groups is 1. The number of hydrogen-bond acceptors (Lipinski definition) is 5. The molecule has 0 aromatic rings. The monoisotopic (exact) mass is 276 g/mol. The number of carbonyl (C=O) groups is 1. The second-order valence-electron chi connectivity index (χ2n) is 6.36. The highest BCUT2D eigenvalue weighted by Crippen LogP contribution is 2.40. The van der Waals surface area contributed by atoms with E-state index in [1.165, 1.54) is 4.90 Å². The maximum absolute atomic E-state index is 11.8. The molecule has 0 saturated carbocycles. The van der Waals surface area contributed by atoms with Crippen LogP contribution < -0.4 is 5.73 Å². The van der Waals surface area contributed by atoms with Crippen LogP contribution in [0.5, 0.6) is 0 Å². The van der Waals surface area contributed by atoms with Crippen molar-refractivity contribution in [3.05, 3.63) is 0 Å². The molecule has 2 N–H and O–H groups in total. The zero-order valence-electron chi connectivity index (χ0n) is 11.0. The third-order valence-electron chi connectivity index (χ3n) is 3.39. The van der Waals surface area contributed by atoms with Crippen molar-refractivity contribution in [1.29, 1.82) is 0 Å². The van der Waals surface area contributed by atoms with E-state index in [1.807, 2.05) is 0 Å². The van der Waals surface area contributed by atoms with Gasteiger partial charge in [0.15, 0.2) is 9.84 Å². The zero-order valence-corrected chi connectivity index (χ0v) is 11.8. The normalized spacial score (nSPS) is 29.1. The number of likely N-dealkylation sites (tertiary alicyclic amines) is 1. The lowest BCUT2D eigenvalue weighted by molar-refractivity contribution is -0.0300.